The molecule has 0 saturated heterocycles. The van der Waals surface area contributed by atoms with E-state index in [1.807, 2.05) is 6.07 Å². The van der Waals surface area contributed by atoms with Gasteiger partial charge in [0.2, 0.25) is 11.8 Å². The number of hydrogen-bond donors (Lipinski definition) is 2. The summed E-state index contributed by atoms with van der Waals surface area (Å²) in [6.07, 6.45) is 6.01. The van der Waals surface area contributed by atoms with E-state index in [1.54, 1.807) is 44.6 Å². The molecule has 41 heavy (non-hydrogen) atoms. The highest BCUT2D eigenvalue weighted by Gasteiger charge is 2.16. The Bertz CT molecular complexity index is 1880. The Hall–Kier alpha value is -5.24. The molecule has 2 N–H and O–H groups in total. The van der Waals surface area contributed by atoms with E-state index in [0.717, 1.165) is 20.9 Å². The number of methoxy groups -OCH3 is 2. The summed E-state index contributed by atoms with van der Waals surface area (Å²) < 4.78 is 40.5. The molecule has 0 saturated carbocycles. The van der Waals surface area contributed by atoms with E-state index >= 15 is 0 Å². The van der Waals surface area contributed by atoms with E-state index in [-0.39, 0.29) is 16.4 Å². The zero-order valence-electron chi connectivity index (χ0n) is 22.5. The van der Waals surface area contributed by atoms with Crippen LogP contribution in [0.4, 0.5) is 11.6 Å². The highest BCUT2D eigenvalue weighted by atomic mass is 32.2. The van der Waals surface area contributed by atoms with Crippen molar-refractivity contribution in [3.8, 4) is 17.4 Å². The van der Waals surface area contributed by atoms with Crippen LogP contribution in [0.1, 0.15) is 16.8 Å². The molecule has 13 nitrogen and oxygen atoms in total. The Morgan fingerprint density at radius 3 is 2.34 bits per heavy atom. The minimum absolute atomic E-state index is 0.0767. The molecule has 14 heteroatoms. The molecule has 0 aliphatic carbocycles. The van der Waals surface area contributed by atoms with Crippen LogP contribution in [-0.2, 0) is 24.1 Å². The molecule has 4 rings (SSSR count). The zero-order valence-corrected chi connectivity index (χ0v) is 23.3. The summed E-state index contributed by atoms with van der Waals surface area (Å²) in [5, 5.41) is 10.1. The first kappa shape index (κ1) is 28.8. The molecule has 2 heterocycles. The molecule has 0 spiro atoms. The van der Waals surface area contributed by atoms with Crippen LogP contribution in [0, 0.1) is 0 Å². The third-order valence-electron chi connectivity index (χ3n) is 5.91. The van der Waals surface area contributed by atoms with E-state index in [2.05, 4.69) is 19.7 Å². The van der Waals surface area contributed by atoms with Crippen molar-refractivity contribution in [3.05, 3.63) is 92.4 Å². The van der Waals surface area contributed by atoms with E-state index in [9.17, 15) is 23.1 Å². The second kappa shape index (κ2) is 11.9. The predicted molar refractivity (Wildman–Crippen MR) is 154 cm³/mol. The number of hydrogen-bond acceptors (Lipinski definition) is 10. The largest absolute Gasteiger partial charge is 0.494 e. The number of ether oxygens (including phenoxy) is 2. The van der Waals surface area contributed by atoms with Gasteiger partial charge < -0.3 is 14.6 Å². The van der Waals surface area contributed by atoms with Crippen LogP contribution in [0.2, 0.25) is 0 Å². The summed E-state index contributed by atoms with van der Waals surface area (Å²) in [4.78, 5) is 36.5. The number of sulfonamides is 1. The molecular weight excluding hydrogens is 552 g/mol. The fraction of sp³-hybridized carbons (Fsp3) is 0.148. The Morgan fingerprint density at radius 2 is 1.66 bits per heavy atom. The van der Waals surface area contributed by atoms with Crippen LogP contribution < -0.4 is 25.4 Å². The Balaban J connectivity index is 1.49. The van der Waals surface area contributed by atoms with Crippen molar-refractivity contribution in [2.24, 2.45) is 19.1 Å². The summed E-state index contributed by atoms with van der Waals surface area (Å²) in [7, 11) is 1.65. The summed E-state index contributed by atoms with van der Waals surface area (Å²) in [5.41, 5.74) is -0.0142. The summed E-state index contributed by atoms with van der Waals surface area (Å²) >= 11 is 0. The van der Waals surface area contributed by atoms with Crippen molar-refractivity contribution in [2.75, 3.05) is 18.9 Å². The number of aliphatic imine (C=N–C) groups is 1. The smallest absolute Gasteiger partial charge is 0.333 e. The quantitative estimate of drug-likeness (QED) is 0.283. The highest BCUT2D eigenvalue weighted by molar-refractivity contribution is 7.92. The highest BCUT2D eigenvalue weighted by Crippen LogP contribution is 2.28. The first-order chi connectivity index (χ1) is 19.5. The Morgan fingerprint density at radius 1 is 0.951 bits per heavy atom. The SMILES string of the molecule is COc1ccc(/C=C/c2ccnc(NS(=O)(=O)c3ccc(N=Cc4c(O)n(C)c(=O)n(C)c4=O)cc3)n2)cc1OC. The molecule has 0 fully saturated rings. The summed E-state index contributed by atoms with van der Waals surface area (Å²) in [6.45, 7) is 0. The molecular formula is C27H26N6O7S. The number of nitrogens with zero attached hydrogens (tertiary/aromatic N) is 5. The van der Waals surface area contributed by atoms with Crippen LogP contribution in [0.3, 0.4) is 0 Å². The maximum absolute atomic E-state index is 12.9. The maximum atomic E-state index is 12.9. The van der Waals surface area contributed by atoms with Crippen molar-refractivity contribution < 1.29 is 23.0 Å². The standard InChI is InChI=1S/C27H26N6O7S/c1-32-24(34)21(25(35)33(2)27(32)36)16-29-18-8-10-20(11-9-18)41(37,38)31-26-28-14-13-19(30-26)7-5-17-6-12-22(39-3)23(15-17)40-4/h5-16,34H,1-4H3,(H,28,30,31)/b7-5+,29-16?. The average Bonchev–Trinajstić information content (AvgIpc) is 2.98. The Kier molecular flexibility index (Phi) is 8.33. The minimum atomic E-state index is -4.04. The number of anilines is 1. The zero-order chi connectivity index (χ0) is 29.7. The van der Waals surface area contributed by atoms with E-state index in [1.165, 1.54) is 44.6 Å². The molecule has 0 aliphatic rings. The van der Waals surface area contributed by atoms with Crippen molar-refractivity contribution >= 4 is 40.0 Å². The molecule has 4 aromatic rings. The second-order valence-corrected chi connectivity index (χ2v) is 10.2. The number of aromatic nitrogens is 4. The van der Waals surface area contributed by atoms with Gasteiger partial charge in [-0.15, -0.1) is 0 Å². The monoisotopic (exact) mass is 578 g/mol. The number of benzene rings is 2. The molecule has 2 aromatic heterocycles. The van der Waals surface area contributed by atoms with Crippen LogP contribution in [0.25, 0.3) is 12.2 Å². The number of nitrogens with one attached hydrogen (secondary N) is 1. The lowest BCUT2D eigenvalue weighted by atomic mass is 10.1. The van der Waals surface area contributed by atoms with Gasteiger partial charge in [-0.1, -0.05) is 12.1 Å². The van der Waals surface area contributed by atoms with Crippen LogP contribution in [0.15, 0.2) is 74.2 Å². The van der Waals surface area contributed by atoms with Gasteiger partial charge in [-0.25, -0.2) is 27.9 Å². The third kappa shape index (κ3) is 6.33. The van der Waals surface area contributed by atoms with Gasteiger partial charge in [0.25, 0.3) is 15.6 Å². The second-order valence-electron chi connectivity index (χ2n) is 8.55. The molecule has 0 atom stereocenters. The molecule has 0 aliphatic heterocycles. The van der Waals surface area contributed by atoms with Crippen molar-refractivity contribution in [2.45, 2.75) is 4.90 Å². The first-order valence-electron chi connectivity index (χ1n) is 11.9. The van der Waals surface area contributed by atoms with Crippen molar-refractivity contribution in [1.82, 2.24) is 19.1 Å². The molecule has 0 amide bonds. The maximum Gasteiger partial charge on any atom is 0.333 e. The summed E-state index contributed by atoms with van der Waals surface area (Å²) in [6, 6.07) is 12.5. The minimum Gasteiger partial charge on any atom is -0.494 e. The van der Waals surface area contributed by atoms with Crippen LogP contribution in [0.5, 0.6) is 17.4 Å². The predicted octanol–water partition coefficient (Wildman–Crippen LogP) is 2.32. The molecule has 0 bridgehead atoms. The van der Waals surface area contributed by atoms with Gasteiger partial charge in [-0.3, -0.25) is 18.9 Å². The van der Waals surface area contributed by atoms with E-state index < -0.39 is 27.2 Å². The molecule has 2 aromatic carbocycles. The fourth-order valence-electron chi connectivity index (χ4n) is 3.65. The Labute approximate surface area is 234 Å². The van der Waals surface area contributed by atoms with Crippen LogP contribution in [-0.4, -0.2) is 53.1 Å². The van der Waals surface area contributed by atoms with Crippen molar-refractivity contribution in [3.63, 3.8) is 0 Å². The van der Waals surface area contributed by atoms with Crippen LogP contribution >= 0.6 is 0 Å². The van der Waals surface area contributed by atoms with E-state index in [0.29, 0.717) is 22.9 Å². The van der Waals surface area contributed by atoms with E-state index in [4.69, 9.17) is 9.47 Å². The van der Waals surface area contributed by atoms with Gasteiger partial charge in [-0.2, -0.15) is 0 Å². The molecule has 0 unspecified atom stereocenters. The lowest BCUT2D eigenvalue weighted by molar-refractivity contribution is 0.355. The lowest BCUT2D eigenvalue weighted by Gasteiger charge is -2.08. The van der Waals surface area contributed by atoms with Gasteiger partial charge in [0.05, 0.1) is 30.5 Å². The third-order valence-corrected chi connectivity index (χ3v) is 7.26. The first-order valence-corrected chi connectivity index (χ1v) is 13.4. The normalized spacial score (nSPS) is 11.7. The summed E-state index contributed by atoms with van der Waals surface area (Å²) in [5.74, 6) is 0.503. The van der Waals surface area contributed by atoms with Gasteiger partial charge in [0.15, 0.2) is 11.5 Å². The average molecular weight is 579 g/mol. The van der Waals surface area contributed by atoms with Gasteiger partial charge in [-0.05, 0) is 54.1 Å². The van der Waals surface area contributed by atoms with Crippen molar-refractivity contribution in [1.29, 1.82) is 0 Å². The fourth-order valence-corrected chi connectivity index (χ4v) is 4.61. The van der Waals surface area contributed by atoms with Gasteiger partial charge in [0.1, 0.15) is 5.56 Å². The number of aromatic hydroxyl groups is 1. The van der Waals surface area contributed by atoms with Gasteiger partial charge >= 0.3 is 5.69 Å². The topological polar surface area (TPSA) is 167 Å². The lowest BCUT2D eigenvalue weighted by Crippen LogP contribution is -2.38. The molecule has 212 valence electrons. The number of rotatable bonds is 9. The molecule has 0 radical (unpaired) electrons. The van der Waals surface area contributed by atoms with Gasteiger partial charge in [0, 0.05) is 26.5 Å².